The SMILES string of the molecule is COC(C)c1cccc(-c2ccn(C(C)(C)C)n2)c1. The minimum Gasteiger partial charge on any atom is -0.377 e. The van der Waals surface area contributed by atoms with Crippen LogP contribution in [-0.4, -0.2) is 16.9 Å². The topological polar surface area (TPSA) is 27.1 Å². The van der Waals surface area contributed by atoms with Crippen molar-refractivity contribution in [2.45, 2.75) is 39.3 Å². The molecule has 0 amide bonds. The molecule has 0 radical (unpaired) electrons. The molecule has 0 saturated heterocycles. The van der Waals surface area contributed by atoms with E-state index in [4.69, 9.17) is 4.74 Å². The lowest BCUT2D eigenvalue weighted by molar-refractivity contribution is 0.119. The average Bonchev–Trinajstić information content (AvgIpc) is 2.87. The van der Waals surface area contributed by atoms with Gasteiger partial charge in [0.15, 0.2) is 0 Å². The van der Waals surface area contributed by atoms with Crippen molar-refractivity contribution < 1.29 is 4.74 Å². The number of ether oxygens (including phenoxy) is 1. The Bertz CT molecular complexity index is 552. The van der Waals surface area contributed by atoms with Crippen LogP contribution < -0.4 is 0 Å². The van der Waals surface area contributed by atoms with Crippen LogP contribution in [0.5, 0.6) is 0 Å². The van der Waals surface area contributed by atoms with Gasteiger partial charge in [-0.25, -0.2) is 0 Å². The summed E-state index contributed by atoms with van der Waals surface area (Å²) in [6.45, 7) is 8.49. The minimum absolute atomic E-state index is 0.00960. The molecule has 3 nitrogen and oxygen atoms in total. The van der Waals surface area contributed by atoms with Gasteiger partial charge in [0.25, 0.3) is 0 Å². The van der Waals surface area contributed by atoms with E-state index in [-0.39, 0.29) is 11.6 Å². The number of rotatable bonds is 3. The predicted octanol–water partition coefficient (Wildman–Crippen LogP) is 4.01. The minimum atomic E-state index is 0.00960. The van der Waals surface area contributed by atoms with Gasteiger partial charge in [0.2, 0.25) is 0 Å². The summed E-state index contributed by atoms with van der Waals surface area (Å²) in [6, 6.07) is 10.4. The standard InChI is InChI=1S/C16H22N2O/c1-12(19-5)13-7-6-8-14(11-13)15-9-10-18(17-15)16(2,3)4/h6-12H,1-5H3. The van der Waals surface area contributed by atoms with Crippen LogP contribution in [-0.2, 0) is 10.3 Å². The summed E-state index contributed by atoms with van der Waals surface area (Å²) in [7, 11) is 1.73. The Balaban J connectivity index is 2.34. The second kappa shape index (κ2) is 5.17. The highest BCUT2D eigenvalue weighted by Gasteiger charge is 2.15. The van der Waals surface area contributed by atoms with Crippen molar-refractivity contribution in [1.82, 2.24) is 9.78 Å². The largest absolute Gasteiger partial charge is 0.377 e. The van der Waals surface area contributed by atoms with Crippen LogP contribution in [0.25, 0.3) is 11.3 Å². The van der Waals surface area contributed by atoms with E-state index in [1.165, 1.54) is 5.56 Å². The molecular weight excluding hydrogens is 236 g/mol. The maximum absolute atomic E-state index is 5.36. The third-order valence-electron chi connectivity index (χ3n) is 3.28. The smallest absolute Gasteiger partial charge is 0.0923 e. The molecule has 1 unspecified atom stereocenters. The van der Waals surface area contributed by atoms with Crippen molar-refractivity contribution in [3.63, 3.8) is 0 Å². The van der Waals surface area contributed by atoms with Crippen LogP contribution >= 0.6 is 0 Å². The quantitative estimate of drug-likeness (QED) is 0.831. The molecule has 1 heterocycles. The van der Waals surface area contributed by atoms with Crippen molar-refractivity contribution in [3.8, 4) is 11.3 Å². The molecule has 2 aromatic rings. The molecule has 0 spiro atoms. The summed E-state index contributed by atoms with van der Waals surface area (Å²) in [5, 5.41) is 4.65. The Morgan fingerprint density at radius 2 is 1.95 bits per heavy atom. The molecule has 1 aromatic carbocycles. The Morgan fingerprint density at radius 3 is 2.53 bits per heavy atom. The van der Waals surface area contributed by atoms with Crippen LogP contribution in [0.4, 0.5) is 0 Å². The van der Waals surface area contributed by atoms with Gasteiger partial charge < -0.3 is 4.74 Å². The highest BCUT2D eigenvalue weighted by molar-refractivity contribution is 5.59. The fourth-order valence-electron chi connectivity index (χ4n) is 1.94. The van der Waals surface area contributed by atoms with Crippen LogP contribution in [0.15, 0.2) is 36.5 Å². The molecule has 19 heavy (non-hydrogen) atoms. The summed E-state index contributed by atoms with van der Waals surface area (Å²) >= 11 is 0. The number of nitrogens with zero attached hydrogens (tertiary/aromatic N) is 2. The summed E-state index contributed by atoms with van der Waals surface area (Å²) in [5.74, 6) is 0. The Hall–Kier alpha value is -1.61. The van der Waals surface area contributed by atoms with Gasteiger partial charge in [0.1, 0.15) is 0 Å². The molecule has 0 aliphatic carbocycles. The first-order valence-electron chi connectivity index (χ1n) is 6.61. The van der Waals surface area contributed by atoms with Gasteiger partial charge in [-0.1, -0.05) is 18.2 Å². The molecule has 0 fully saturated rings. The maximum Gasteiger partial charge on any atom is 0.0923 e. The normalized spacial score (nSPS) is 13.5. The van der Waals surface area contributed by atoms with Gasteiger partial charge in [0.05, 0.1) is 17.3 Å². The molecule has 0 saturated carbocycles. The third kappa shape index (κ3) is 3.04. The lowest BCUT2D eigenvalue weighted by atomic mass is 10.1. The Morgan fingerprint density at radius 1 is 1.21 bits per heavy atom. The first-order valence-corrected chi connectivity index (χ1v) is 6.61. The summed E-state index contributed by atoms with van der Waals surface area (Å²) < 4.78 is 7.36. The zero-order chi connectivity index (χ0) is 14.0. The van der Waals surface area contributed by atoms with E-state index in [1.54, 1.807) is 7.11 Å². The van der Waals surface area contributed by atoms with Gasteiger partial charge >= 0.3 is 0 Å². The van der Waals surface area contributed by atoms with E-state index < -0.39 is 0 Å². The summed E-state index contributed by atoms with van der Waals surface area (Å²) in [6.07, 6.45) is 2.13. The van der Waals surface area contributed by atoms with Crippen molar-refractivity contribution in [3.05, 3.63) is 42.1 Å². The second-order valence-electron chi connectivity index (χ2n) is 5.82. The molecular formula is C16H22N2O. The Kier molecular flexibility index (Phi) is 3.76. The fourth-order valence-corrected chi connectivity index (χ4v) is 1.94. The lowest BCUT2D eigenvalue weighted by Gasteiger charge is -2.18. The van der Waals surface area contributed by atoms with Gasteiger partial charge in [0, 0.05) is 18.9 Å². The number of methoxy groups -OCH3 is 1. The average molecular weight is 258 g/mol. The second-order valence-corrected chi connectivity index (χ2v) is 5.82. The van der Waals surface area contributed by atoms with E-state index >= 15 is 0 Å². The van der Waals surface area contributed by atoms with Gasteiger partial charge in [-0.3, -0.25) is 4.68 Å². The third-order valence-corrected chi connectivity index (χ3v) is 3.28. The van der Waals surface area contributed by atoms with Gasteiger partial charge in [-0.2, -0.15) is 5.10 Å². The lowest BCUT2D eigenvalue weighted by Crippen LogP contribution is -2.22. The highest BCUT2D eigenvalue weighted by atomic mass is 16.5. The molecule has 102 valence electrons. The van der Waals surface area contributed by atoms with Crippen LogP contribution in [0.2, 0.25) is 0 Å². The number of hydrogen-bond donors (Lipinski definition) is 0. The molecule has 2 rings (SSSR count). The van der Waals surface area contributed by atoms with Crippen molar-refractivity contribution >= 4 is 0 Å². The Labute approximate surface area is 115 Å². The van der Waals surface area contributed by atoms with E-state index in [1.807, 2.05) is 17.8 Å². The summed E-state index contributed by atoms with van der Waals surface area (Å²) in [5.41, 5.74) is 3.31. The molecule has 1 atom stereocenters. The monoisotopic (exact) mass is 258 g/mol. The first-order chi connectivity index (χ1) is 8.91. The summed E-state index contributed by atoms with van der Waals surface area (Å²) in [4.78, 5) is 0. The van der Waals surface area contributed by atoms with Crippen molar-refractivity contribution in [2.24, 2.45) is 0 Å². The molecule has 0 aliphatic heterocycles. The molecule has 3 heteroatoms. The van der Waals surface area contributed by atoms with Crippen molar-refractivity contribution in [1.29, 1.82) is 0 Å². The molecule has 0 N–H and O–H groups in total. The van der Waals surface area contributed by atoms with E-state index in [9.17, 15) is 0 Å². The van der Waals surface area contributed by atoms with E-state index in [2.05, 4.69) is 56.2 Å². The molecule has 0 aliphatic rings. The number of aromatic nitrogens is 2. The first kappa shape index (κ1) is 13.8. The molecule has 1 aromatic heterocycles. The van der Waals surface area contributed by atoms with Crippen LogP contribution in [0.3, 0.4) is 0 Å². The van der Waals surface area contributed by atoms with Crippen LogP contribution in [0.1, 0.15) is 39.4 Å². The highest BCUT2D eigenvalue weighted by Crippen LogP contribution is 2.24. The number of hydrogen-bond acceptors (Lipinski definition) is 2. The number of benzene rings is 1. The maximum atomic E-state index is 5.36. The van der Waals surface area contributed by atoms with Crippen molar-refractivity contribution in [2.75, 3.05) is 7.11 Å². The van der Waals surface area contributed by atoms with Gasteiger partial charge in [-0.05, 0) is 45.4 Å². The zero-order valence-corrected chi connectivity index (χ0v) is 12.3. The molecule has 0 bridgehead atoms. The zero-order valence-electron chi connectivity index (χ0n) is 12.3. The van der Waals surface area contributed by atoms with Crippen LogP contribution in [0, 0.1) is 0 Å². The predicted molar refractivity (Wildman–Crippen MR) is 78.1 cm³/mol. The van der Waals surface area contributed by atoms with E-state index in [0.29, 0.717) is 0 Å². The van der Waals surface area contributed by atoms with E-state index in [0.717, 1.165) is 11.3 Å². The van der Waals surface area contributed by atoms with Gasteiger partial charge in [-0.15, -0.1) is 0 Å². The fraction of sp³-hybridized carbons (Fsp3) is 0.438.